The lowest BCUT2D eigenvalue weighted by molar-refractivity contribution is -0.138. The molecular weight excluding hydrogens is 474 g/mol. The first-order valence-electron chi connectivity index (χ1n) is 11.3. The van der Waals surface area contributed by atoms with Gasteiger partial charge in [-0.25, -0.2) is 8.42 Å². The third-order valence-corrected chi connectivity index (χ3v) is 7.06. The molecule has 2 amide bonds. The van der Waals surface area contributed by atoms with E-state index in [1.807, 2.05) is 44.2 Å². The highest BCUT2D eigenvalue weighted by atomic mass is 35.5. The van der Waals surface area contributed by atoms with E-state index in [4.69, 9.17) is 11.6 Å². The van der Waals surface area contributed by atoms with Gasteiger partial charge in [0, 0.05) is 18.1 Å². The summed E-state index contributed by atoms with van der Waals surface area (Å²) in [6.07, 6.45) is 1.58. The SMILES string of the molecule is Cc1c(Cl)cccc1N(CC(=O)N(CCc1ccccc1)C(C)C(=O)NCC(C)C)S(C)(=O)=O. The van der Waals surface area contributed by atoms with Crippen LogP contribution >= 0.6 is 11.6 Å². The molecule has 0 fully saturated rings. The first-order chi connectivity index (χ1) is 15.9. The minimum absolute atomic E-state index is 0.260. The van der Waals surface area contributed by atoms with E-state index in [0.29, 0.717) is 29.2 Å². The minimum atomic E-state index is -3.79. The topological polar surface area (TPSA) is 86.8 Å². The van der Waals surface area contributed by atoms with Crippen molar-refractivity contribution < 1.29 is 18.0 Å². The second kappa shape index (κ2) is 12.2. The maximum Gasteiger partial charge on any atom is 0.244 e. The van der Waals surface area contributed by atoms with Crippen molar-refractivity contribution in [3.8, 4) is 0 Å². The van der Waals surface area contributed by atoms with Gasteiger partial charge >= 0.3 is 0 Å². The summed E-state index contributed by atoms with van der Waals surface area (Å²) in [5.74, 6) is -0.482. The third kappa shape index (κ3) is 7.74. The molecule has 2 aromatic rings. The van der Waals surface area contributed by atoms with Crippen molar-refractivity contribution in [3.05, 3.63) is 64.7 Å². The zero-order valence-corrected chi connectivity index (χ0v) is 22.0. The Morgan fingerprint density at radius 3 is 2.26 bits per heavy atom. The van der Waals surface area contributed by atoms with Gasteiger partial charge in [-0.1, -0.05) is 61.8 Å². The quantitative estimate of drug-likeness (QED) is 0.503. The van der Waals surface area contributed by atoms with Crippen molar-refractivity contribution in [1.29, 1.82) is 0 Å². The summed E-state index contributed by atoms with van der Waals surface area (Å²) in [7, 11) is -3.79. The van der Waals surface area contributed by atoms with Crippen LogP contribution in [0, 0.1) is 12.8 Å². The Morgan fingerprint density at radius 2 is 1.68 bits per heavy atom. The number of sulfonamides is 1. The third-order valence-electron chi connectivity index (χ3n) is 5.52. The van der Waals surface area contributed by atoms with Crippen LogP contribution in [0.15, 0.2) is 48.5 Å². The number of carbonyl (C=O) groups is 2. The molecule has 0 heterocycles. The monoisotopic (exact) mass is 507 g/mol. The van der Waals surface area contributed by atoms with E-state index >= 15 is 0 Å². The molecule has 1 unspecified atom stereocenters. The first-order valence-corrected chi connectivity index (χ1v) is 13.5. The van der Waals surface area contributed by atoms with Crippen LogP contribution in [0.4, 0.5) is 5.69 Å². The lowest BCUT2D eigenvalue weighted by Crippen LogP contribution is -2.52. The number of carbonyl (C=O) groups excluding carboxylic acids is 2. The fraction of sp³-hybridized carbons (Fsp3) is 0.440. The van der Waals surface area contributed by atoms with Gasteiger partial charge < -0.3 is 10.2 Å². The van der Waals surface area contributed by atoms with Gasteiger partial charge in [-0.2, -0.15) is 0 Å². The zero-order chi connectivity index (χ0) is 25.5. The summed E-state index contributed by atoms with van der Waals surface area (Å²) in [4.78, 5) is 27.7. The average molecular weight is 508 g/mol. The maximum atomic E-state index is 13.5. The Morgan fingerprint density at radius 1 is 1.03 bits per heavy atom. The summed E-state index contributed by atoms with van der Waals surface area (Å²) >= 11 is 6.21. The molecule has 0 aliphatic carbocycles. The number of amides is 2. The van der Waals surface area contributed by atoms with Crippen molar-refractivity contribution in [1.82, 2.24) is 10.2 Å². The lowest BCUT2D eigenvalue weighted by Gasteiger charge is -2.32. The second-order valence-corrected chi connectivity index (χ2v) is 11.1. The van der Waals surface area contributed by atoms with E-state index in [2.05, 4.69) is 5.32 Å². The predicted octanol–water partition coefficient (Wildman–Crippen LogP) is 3.65. The normalized spacial score (nSPS) is 12.3. The molecule has 0 radical (unpaired) electrons. The number of rotatable bonds is 11. The van der Waals surface area contributed by atoms with Crippen LogP contribution < -0.4 is 9.62 Å². The van der Waals surface area contributed by atoms with Gasteiger partial charge in [0.05, 0.1) is 11.9 Å². The molecule has 2 rings (SSSR count). The summed E-state index contributed by atoms with van der Waals surface area (Å²) in [5.41, 5.74) is 1.91. The van der Waals surface area contributed by atoms with Crippen molar-refractivity contribution in [2.24, 2.45) is 5.92 Å². The van der Waals surface area contributed by atoms with E-state index in [9.17, 15) is 18.0 Å². The molecule has 9 heteroatoms. The summed E-state index contributed by atoms with van der Waals surface area (Å²) < 4.78 is 26.3. The Balaban J connectivity index is 2.33. The number of hydrogen-bond acceptors (Lipinski definition) is 4. The number of benzene rings is 2. The number of halogens is 1. The van der Waals surface area contributed by atoms with Gasteiger partial charge in [0.2, 0.25) is 21.8 Å². The second-order valence-electron chi connectivity index (χ2n) is 8.79. The highest BCUT2D eigenvalue weighted by Gasteiger charge is 2.30. The van der Waals surface area contributed by atoms with Crippen molar-refractivity contribution in [2.45, 2.75) is 40.2 Å². The van der Waals surface area contributed by atoms with Crippen LogP contribution in [-0.2, 0) is 26.0 Å². The van der Waals surface area contributed by atoms with Gasteiger partial charge in [-0.3, -0.25) is 13.9 Å². The molecule has 1 N–H and O–H groups in total. The van der Waals surface area contributed by atoms with Crippen molar-refractivity contribution in [3.63, 3.8) is 0 Å². The predicted molar refractivity (Wildman–Crippen MR) is 138 cm³/mol. The largest absolute Gasteiger partial charge is 0.354 e. The fourth-order valence-corrected chi connectivity index (χ4v) is 4.55. The van der Waals surface area contributed by atoms with Crippen LogP contribution in [0.25, 0.3) is 0 Å². The van der Waals surface area contributed by atoms with Crippen LogP contribution in [-0.4, -0.2) is 57.1 Å². The molecule has 0 saturated carbocycles. The molecule has 0 bridgehead atoms. The maximum absolute atomic E-state index is 13.5. The molecule has 0 aliphatic rings. The Labute approximate surface area is 208 Å². The van der Waals surface area contributed by atoms with Crippen molar-refractivity contribution >= 4 is 39.1 Å². The average Bonchev–Trinajstić information content (AvgIpc) is 2.77. The van der Waals surface area contributed by atoms with Gasteiger partial charge in [-0.15, -0.1) is 0 Å². The van der Waals surface area contributed by atoms with Crippen LogP contribution in [0.2, 0.25) is 5.02 Å². The first kappa shape index (κ1) is 27.7. The number of nitrogens with zero attached hydrogens (tertiary/aromatic N) is 2. The number of hydrogen-bond donors (Lipinski definition) is 1. The smallest absolute Gasteiger partial charge is 0.244 e. The van der Waals surface area contributed by atoms with E-state index in [1.54, 1.807) is 32.0 Å². The minimum Gasteiger partial charge on any atom is -0.354 e. The fourth-order valence-electron chi connectivity index (χ4n) is 3.48. The molecular formula is C25H34ClN3O4S. The molecule has 1 atom stereocenters. The molecule has 0 aliphatic heterocycles. The molecule has 186 valence electrons. The van der Waals surface area contributed by atoms with E-state index < -0.39 is 28.5 Å². The van der Waals surface area contributed by atoms with Gasteiger partial charge in [0.15, 0.2) is 0 Å². The Bertz CT molecular complexity index is 1090. The molecule has 0 spiro atoms. The van der Waals surface area contributed by atoms with Gasteiger partial charge in [-0.05, 0) is 49.4 Å². The molecule has 7 nitrogen and oxygen atoms in total. The van der Waals surface area contributed by atoms with E-state index in [1.165, 1.54) is 4.90 Å². The highest BCUT2D eigenvalue weighted by molar-refractivity contribution is 7.92. The number of anilines is 1. The van der Waals surface area contributed by atoms with Crippen molar-refractivity contribution in [2.75, 3.05) is 30.2 Å². The lowest BCUT2D eigenvalue weighted by atomic mass is 10.1. The highest BCUT2D eigenvalue weighted by Crippen LogP contribution is 2.28. The van der Waals surface area contributed by atoms with Crippen LogP contribution in [0.5, 0.6) is 0 Å². The molecule has 0 aromatic heterocycles. The summed E-state index contributed by atoms with van der Waals surface area (Å²) in [6, 6.07) is 13.8. The van der Waals surface area contributed by atoms with Crippen LogP contribution in [0.3, 0.4) is 0 Å². The van der Waals surface area contributed by atoms with Gasteiger partial charge in [0.25, 0.3) is 0 Å². The molecule has 34 heavy (non-hydrogen) atoms. The van der Waals surface area contributed by atoms with Crippen LogP contribution in [0.1, 0.15) is 31.9 Å². The Kier molecular flexibility index (Phi) is 9.94. The number of nitrogens with one attached hydrogen (secondary N) is 1. The standard InChI is InChI=1S/C25H34ClN3O4S/c1-18(2)16-27-25(31)20(4)28(15-14-21-10-7-6-8-11-21)24(30)17-29(34(5,32)33)23-13-9-12-22(26)19(23)3/h6-13,18,20H,14-17H2,1-5H3,(H,27,31). The zero-order valence-electron chi connectivity index (χ0n) is 20.4. The van der Waals surface area contributed by atoms with E-state index in [0.717, 1.165) is 16.1 Å². The molecule has 0 saturated heterocycles. The molecule has 2 aromatic carbocycles. The van der Waals surface area contributed by atoms with E-state index in [-0.39, 0.29) is 18.4 Å². The summed E-state index contributed by atoms with van der Waals surface area (Å²) in [5, 5.41) is 3.27. The Hall–Kier alpha value is -2.58. The summed E-state index contributed by atoms with van der Waals surface area (Å²) in [6.45, 7) is 7.66. The van der Waals surface area contributed by atoms with Gasteiger partial charge in [0.1, 0.15) is 12.6 Å².